The van der Waals surface area contributed by atoms with Crippen LogP contribution in [0.25, 0.3) is 0 Å². The molecular weight excluding hydrogens is 471 g/mol. The van der Waals surface area contributed by atoms with Gasteiger partial charge in [-0.1, -0.05) is 23.2 Å². The van der Waals surface area contributed by atoms with E-state index in [1.165, 1.54) is 23.5 Å². The number of hydrogen-bond acceptors (Lipinski definition) is 4. The average Bonchev–Trinajstić information content (AvgIpc) is 2.78. The van der Waals surface area contributed by atoms with Crippen molar-refractivity contribution in [1.82, 2.24) is 0 Å². The van der Waals surface area contributed by atoms with Crippen molar-refractivity contribution < 1.29 is 17.9 Å². The van der Waals surface area contributed by atoms with E-state index in [0.29, 0.717) is 52.1 Å². The molecule has 0 atom stereocenters. The Morgan fingerprint density at radius 3 is 2.47 bits per heavy atom. The summed E-state index contributed by atoms with van der Waals surface area (Å²) in [5.41, 5.74) is 2.34. The Morgan fingerprint density at radius 2 is 1.78 bits per heavy atom. The van der Waals surface area contributed by atoms with Crippen LogP contribution in [0.5, 0.6) is 5.75 Å². The van der Waals surface area contributed by atoms with Gasteiger partial charge in [0.15, 0.2) is 0 Å². The number of carbonyl (C=O) groups is 1. The lowest BCUT2D eigenvalue weighted by Crippen LogP contribution is -2.35. The summed E-state index contributed by atoms with van der Waals surface area (Å²) in [6.45, 7) is 0.369. The molecule has 166 valence electrons. The van der Waals surface area contributed by atoms with Crippen LogP contribution in [0.3, 0.4) is 0 Å². The second-order valence-electron chi connectivity index (χ2n) is 7.28. The van der Waals surface area contributed by atoms with Crippen molar-refractivity contribution in [3.63, 3.8) is 0 Å². The Morgan fingerprint density at radius 1 is 1.03 bits per heavy atom. The number of hydrogen-bond donors (Lipinski definition) is 1. The zero-order valence-electron chi connectivity index (χ0n) is 17.1. The first kappa shape index (κ1) is 22.5. The van der Waals surface area contributed by atoms with E-state index in [-0.39, 0.29) is 10.8 Å². The third kappa shape index (κ3) is 4.41. The average molecular weight is 491 g/mol. The number of anilines is 2. The van der Waals surface area contributed by atoms with Gasteiger partial charge in [0.05, 0.1) is 22.7 Å². The maximum absolute atomic E-state index is 13.2. The molecule has 0 radical (unpaired) electrons. The largest absolute Gasteiger partial charge is 0.495 e. The molecule has 32 heavy (non-hydrogen) atoms. The Hall–Kier alpha value is -2.74. The lowest BCUT2D eigenvalue weighted by Gasteiger charge is -2.30. The topological polar surface area (TPSA) is 75.7 Å². The zero-order chi connectivity index (χ0) is 22.9. The van der Waals surface area contributed by atoms with Gasteiger partial charge in [0.25, 0.3) is 15.9 Å². The first-order chi connectivity index (χ1) is 15.3. The Labute approximate surface area is 196 Å². The summed E-state index contributed by atoms with van der Waals surface area (Å²) in [7, 11) is -2.22. The van der Waals surface area contributed by atoms with E-state index in [0.717, 1.165) is 5.56 Å². The maximum atomic E-state index is 13.2. The van der Waals surface area contributed by atoms with Crippen LogP contribution < -0.4 is 14.4 Å². The molecule has 3 aromatic carbocycles. The second kappa shape index (κ2) is 9.02. The van der Waals surface area contributed by atoms with Gasteiger partial charge in [-0.3, -0.25) is 9.10 Å². The van der Waals surface area contributed by atoms with Crippen LogP contribution in [-0.2, 0) is 16.4 Å². The summed E-state index contributed by atoms with van der Waals surface area (Å²) >= 11 is 12.0. The van der Waals surface area contributed by atoms with Crippen molar-refractivity contribution >= 4 is 50.5 Å². The molecule has 0 aromatic heterocycles. The minimum atomic E-state index is -3.74. The molecule has 0 saturated heterocycles. The number of sulfonamides is 1. The smallest absolute Gasteiger partial charge is 0.264 e. The molecule has 0 unspecified atom stereocenters. The number of rotatable bonds is 5. The number of benzene rings is 3. The van der Waals surface area contributed by atoms with Gasteiger partial charge in [-0.2, -0.15) is 0 Å². The second-order valence-corrected chi connectivity index (χ2v) is 9.99. The highest BCUT2D eigenvalue weighted by Gasteiger charge is 2.29. The summed E-state index contributed by atoms with van der Waals surface area (Å²) in [5.74, 6) is 0.201. The molecule has 0 saturated carbocycles. The number of halogens is 2. The molecule has 3 aromatic rings. The van der Waals surface area contributed by atoms with Crippen molar-refractivity contribution in [2.24, 2.45) is 0 Å². The van der Waals surface area contributed by atoms with Crippen LogP contribution in [0.4, 0.5) is 11.4 Å². The van der Waals surface area contributed by atoms with E-state index >= 15 is 0 Å². The lowest BCUT2D eigenvalue weighted by atomic mass is 10.0. The predicted molar refractivity (Wildman–Crippen MR) is 127 cm³/mol. The Bertz CT molecular complexity index is 1280. The molecule has 1 heterocycles. The third-order valence-corrected chi connectivity index (χ3v) is 7.60. The molecule has 1 N–H and O–H groups in total. The molecule has 0 bridgehead atoms. The van der Waals surface area contributed by atoms with Crippen molar-refractivity contribution in [3.05, 3.63) is 81.8 Å². The number of nitrogens with one attached hydrogen (secondary N) is 1. The molecule has 6 nitrogen and oxygen atoms in total. The van der Waals surface area contributed by atoms with E-state index in [9.17, 15) is 13.2 Å². The van der Waals surface area contributed by atoms with Crippen molar-refractivity contribution in [2.75, 3.05) is 23.3 Å². The fraction of sp³-hybridized carbons (Fsp3) is 0.174. The molecule has 9 heteroatoms. The number of fused-ring (bicyclic) bond motifs is 1. The summed E-state index contributed by atoms with van der Waals surface area (Å²) < 4.78 is 32.9. The summed E-state index contributed by atoms with van der Waals surface area (Å²) in [4.78, 5) is 12.9. The molecule has 4 rings (SSSR count). The number of nitrogens with zero attached hydrogens (tertiary/aromatic N) is 1. The van der Waals surface area contributed by atoms with Crippen molar-refractivity contribution in [2.45, 2.75) is 17.7 Å². The van der Waals surface area contributed by atoms with Crippen LogP contribution in [0.2, 0.25) is 10.0 Å². The first-order valence-corrected chi connectivity index (χ1v) is 12.1. The van der Waals surface area contributed by atoms with Crippen LogP contribution in [-0.4, -0.2) is 28.0 Å². The number of carbonyl (C=O) groups excluding carboxylic acids is 1. The quantitative estimate of drug-likeness (QED) is 0.519. The normalized spacial score (nSPS) is 13.4. The lowest BCUT2D eigenvalue weighted by molar-refractivity contribution is 0.102. The van der Waals surface area contributed by atoms with Crippen LogP contribution in [0.15, 0.2) is 65.6 Å². The number of ether oxygens (including phenoxy) is 1. The van der Waals surface area contributed by atoms with Gasteiger partial charge in [0, 0.05) is 22.8 Å². The van der Waals surface area contributed by atoms with Gasteiger partial charge in [-0.25, -0.2) is 8.42 Å². The summed E-state index contributed by atoms with van der Waals surface area (Å²) in [6, 6.07) is 16.1. The fourth-order valence-corrected chi connectivity index (χ4v) is 5.56. The van der Waals surface area contributed by atoms with Crippen molar-refractivity contribution in [3.8, 4) is 5.75 Å². The van der Waals surface area contributed by atoms with E-state index < -0.39 is 10.0 Å². The van der Waals surface area contributed by atoms with E-state index in [1.54, 1.807) is 48.5 Å². The highest BCUT2D eigenvalue weighted by Crippen LogP contribution is 2.33. The number of aryl methyl sites for hydroxylation is 1. The zero-order valence-corrected chi connectivity index (χ0v) is 19.5. The van der Waals surface area contributed by atoms with Gasteiger partial charge >= 0.3 is 0 Å². The van der Waals surface area contributed by atoms with Gasteiger partial charge < -0.3 is 10.1 Å². The monoisotopic (exact) mass is 490 g/mol. The molecule has 0 fully saturated rings. The van der Waals surface area contributed by atoms with Gasteiger partial charge in [-0.05, 0) is 79.1 Å². The number of methoxy groups -OCH3 is 1. The van der Waals surface area contributed by atoms with Gasteiger partial charge in [-0.15, -0.1) is 0 Å². The number of amides is 1. The SMILES string of the molecule is COc1ccc(NC(=O)c2ccc3c(c2)CCCN3S(=O)(=O)c2ccc(Cl)cc2)cc1Cl. The van der Waals surface area contributed by atoms with E-state index in [1.807, 2.05) is 0 Å². The fourth-order valence-electron chi connectivity index (χ4n) is 3.63. The highest BCUT2D eigenvalue weighted by atomic mass is 35.5. The first-order valence-electron chi connectivity index (χ1n) is 9.86. The summed E-state index contributed by atoms with van der Waals surface area (Å²) in [6.07, 6.45) is 1.33. The van der Waals surface area contributed by atoms with Gasteiger partial charge in [0.2, 0.25) is 0 Å². The molecule has 0 spiro atoms. The van der Waals surface area contributed by atoms with E-state index in [4.69, 9.17) is 27.9 Å². The minimum Gasteiger partial charge on any atom is -0.495 e. The van der Waals surface area contributed by atoms with Crippen LogP contribution >= 0.6 is 23.2 Å². The maximum Gasteiger partial charge on any atom is 0.264 e. The standard InChI is InChI=1S/C23H20Cl2N2O4S/c1-31-22-11-7-18(14-20(22)25)26-23(28)16-4-10-21-15(13-16)3-2-12-27(21)32(29,30)19-8-5-17(24)6-9-19/h4-11,13-14H,2-3,12H2,1H3,(H,26,28). The third-order valence-electron chi connectivity index (χ3n) is 5.23. The van der Waals surface area contributed by atoms with Crippen molar-refractivity contribution in [1.29, 1.82) is 0 Å². The molecular formula is C23H20Cl2N2O4S. The van der Waals surface area contributed by atoms with Crippen LogP contribution in [0.1, 0.15) is 22.3 Å². The molecule has 0 aliphatic carbocycles. The summed E-state index contributed by atoms with van der Waals surface area (Å²) in [5, 5.41) is 3.66. The van der Waals surface area contributed by atoms with E-state index in [2.05, 4.69) is 5.32 Å². The Balaban J connectivity index is 1.60. The highest BCUT2D eigenvalue weighted by molar-refractivity contribution is 7.92. The van der Waals surface area contributed by atoms with Crippen LogP contribution in [0, 0.1) is 0 Å². The predicted octanol–water partition coefficient (Wildman–Crippen LogP) is 5.40. The van der Waals surface area contributed by atoms with Gasteiger partial charge in [0.1, 0.15) is 5.75 Å². The minimum absolute atomic E-state index is 0.174. The molecule has 1 aliphatic heterocycles. The molecule has 1 amide bonds. The molecule has 1 aliphatic rings. The Kier molecular flexibility index (Phi) is 6.33.